The quantitative estimate of drug-likeness (QED) is 0.606. The van der Waals surface area contributed by atoms with Crippen LogP contribution in [0.4, 0.5) is 0 Å². The fourth-order valence-electron chi connectivity index (χ4n) is 5.07. The Hall–Kier alpha value is -3.12. The first-order chi connectivity index (χ1) is 15.5. The van der Waals surface area contributed by atoms with Crippen LogP contribution in [0.1, 0.15) is 43.1 Å². The molecular formula is C26H29N3O3. The number of amides is 2. The van der Waals surface area contributed by atoms with Gasteiger partial charge in [-0.25, -0.2) is 0 Å². The molecule has 0 saturated carbocycles. The molecule has 1 fully saturated rings. The van der Waals surface area contributed by atoms with Crippen molar-refractivity contribution in [2.75, 3.05) is 19.7 Å². The molecule has 1 unspecified atom stereocenters. The van der Waals surface area contributed by atoms with E-state index in [1.807, 2.05) is 61.2 Å². The van der Waals surface area contributed by atoms with E-state index in [9.17, 15) is 9.59 Å². The van der Waals surface area contributed by atoms with E-state index in [1.165, 1.54) is 0 Å². The summed E-state index contributed by atoms with van der Waals surface area (Å²) in [5.41, 5.74) is 4.22. The number of hydrogen-bond donors (Lipinski definition) is 1. The largest absolute Gasteiger partial charge is 0.379 e. The van der Waals surface area contributed by atoms with Gasteiger partial charge in [-0.3, -0.25) is 9.59 Å². The SMILES string of the molecule is CC(C)OCCCN1CC(=O)N2C(c3ccccc3)c3[nH]c4ccccc4c3C[C@@H]2C1=O. The van der Waals surface area contributed by atoms with Crippen molar-refractivity contribution >= 4 is 22.7 Å². The third kappa shape index (κ3) is 3.58. The number of aromatic nitrogens is 1. The molecule has 1 saturated heterocycles. The first kappa shape index (κ1) is 20.8. The zero-order valence-electron chi connectivity index (χ0n) is 18.6. The summed E-state index contributed by atoms with van der Waals surface area (Å²) in [4.78, 5) is 34.1. The number of rotatable bonds is 6. The van der Waals surface area contributed by atoms with Gasteiger partial charge in [0.15, 0.2) is 0 Å². The van der Waals surface area contributed by atoms with Crippen molar-refractivity contribution in [2.45, 2.75) is 44.9 Å². The van der Waals surface area contributed by atoms with Gasteiger partial charge >= 0.3 is 0 Å². The Morgan fingerprint density at radius 2 is 1.81 bits per heavy atom. The first-order valence-electron chi connectivity index (χ1n) is 11.4. The smallest absolute Gasteiger partial charge is 0.246 e. The van der Waals surface area contributed by atoms with E-state index in [4.69, 9.17) is 4.74 Å². The van der Waals surface area contributed by atoms with Gasteiger partial charge in [0.1, 0.15) is 6.04 Å². The van der Waals surface area contributed by atoms with E-state index in [2.05, 4.69) is 17.1 Å². The van der Waals surface area contributed by atoms with Crippen molar-refractivity contribution in [1.29, 1.82) is 0 Å². The number of nitrogens with zero attached hydrogens (tertiary/aromatic N) is 2. The van der Waals surface area contributed by atoms with Gasteiger partial charge in [0.05, 0.1) is 18.7 Å². The van der Waals surface area contributed by atoms with Crippen molar-refractivity contribution in [2.24, 2.45) is 0 Å². The Labute approximate surface area is 188 Å². The molecule has 2 aliphatic rings. The topological polar surface area (TPSA) is 65.6 Å². The summed E-state index contributed by atoms with van der Waals surface area (Å²) in [6, 6.07) is 17.4. The Kier molecular flexibility index (Phi) is 5.47. The van der Waals surface area contributed by atoms with E-state index in [0.717, 1.165) is 34.1 Å². The monoisotopic (exact) mass is 431 g/mol. The maximum Gasteiger partial charge on any atom is 0.246 e. The molecule has 2 atom stereocenters. The molecule has 2 aliphatic heterocycles. The molecule has 2 aromatic carbocycles. The van der Waals surface area contributed by atoms with Crippen LogP contribution in [0.15, 0.2) is 54.6 Å². The van der Waals surface area contributed by atoms with E-state index in [-0.39, 0.29) is 30.5 Å². The van der Waals surface area contributed by atoms with Crippen LogP contribution in [-0.2, 0) is 20.7 Å². The summed E-state index contributed by atoms with van der Waals surface area (Å²) < 4.78 is 5.62. The van der Waals surface area contributed by atoms with Gasteiger partial charge < -0.3 is 19.5 Å². The van der Waals surface area contributed by atoms with Crippen molar-refractivity contribution in [3.05, 3.63) is 71.4 Å². The number of H-pyrrole nitrogens is 1. The van der Waals surface area contributed by atoms with E-state index in [0.29, 0.717) is 19.6 Å². The summed E-state index contributed by atoms with van der Waals surface area (Å²) in [5.74, 6) is 0.0311. The van der Waals surface area contributed by atoms with Gasteiger partial charge in [-0.05, 0) is 37.5 Å². The fraction of sp³-hybridized carbons (Fsp3) is 0.385. The molecule has 3 heterocycles. The molecule has 0 bridgehead atoms. The average molecular weight is 432 g/mol. The highest BCUT2D eigenvalue weighted by Crippen LogP contribution is 2.42. The molecule has 6 heteroatoms. The summed E-state index contributed by atoms with van der Waals surface area (Å²) >= 11 is 0. The summed E-state index contributed by atoms with van der Waals surface area (Å²) in [5, 5.41) is 1.13. The van der Waals surface area contributed by atoms with Gasteiger partial charge in [0, 0.05) is 36.2 Å². The van der Waals surface area contributed by atoms with Gasteiger partial charge in [-0.15, -0.1) is 0 Å². The number of carbonyl (C=O) groups excluding carboxylic acids is 2. The van der Waals surface area contributed by atoms with Crippen LogP contribution in [0, 0.1) is 0 Å². The van der Waals surface area contributed by atoms with Gasteiger partial charge in [0.25, 0.3) is 0 Å². The number of ether oxygens (including phenoxy) is 1. The third-order valence-corrected chi connectivity index (χ3v) is 6.48. The maximum absolute atomic E-state index is 13.6. The second-order valence-electron chi connectivity index (χ2n) is 8.93. The van der Waals surface area contributed by atoms with Crippen LogP contribution in [0.2, 0.25) is 0 Å². The molecule has 166 valence electrons. The molecule has 2 amide bonds. The number of fused-ring (bicyclic) bond motifs is 4. The van der Waals surface area contributed by atoms with E-state index >= 15 is 0 Å². The summed E-state index contributed by atoms with van der Waals surface area (Å²) in [6.45, 7) is 5.24. The number of hydrogen-bond acceptors (Lipinski definition) is 3. The number of aromatic amines is 1. The predicted molar refractivity (Wildman–Crippen MR) is 123 cm³/mol. The molecule has 1 aromatic heterocycles. The molecule has 0 radical (unpaired) electrons. The second-order valence-corrected chi connectivity index (χ2v) is 8.93. The lowest BCUT2D eigenvalue weighted by Gasteiger charge is -2.47. The molecule has 5 rings (SSSR count). The van der Waals surface area contributed by atoms with E-state index < -0.39 is 6.04 Å². The van der Waals surface area contributed by atoms with Crippen LogP contribution >= 0.6 is 0 Å². The fourth-order valence-corrected chi connectivity index (χ4v) is 5.07. The number of benzene rings is 2. The molecule has 1 N–H and O–H groups in total. The molecule has 6 nitrogen and oxygen atoms in total. The molecule has 3 aromatic rings. The number of nitrogens with one attached hydrogen (secondary N) is 1. The standard InChI is InChI=1S/C26H29N3O3/c1-17(2)32-14-8-13-28-16-23(30)29-22(26(28)31)15-20-19-11-6-7-12-21(19)27-24(20)25(29)18-9-4-3-5-10-18/h3-7,9-12,17,22,25,27H,8,13-16H2,1-2H3/t22-,25?/m1/s1. The second kappa shape index (κ2) is 8.43. The highest BCUT2D eigenvalue weighted by atomic mass is 16.5. The minimum Gasteiger partial charge on any atom is -0.379 e. The van der Waals surface area contributed by atoms with Crippen LogP contribution in [-0.4, -0.2) is 58.4 Å². The minimum atomic E-state index is -0.487. The Bertz CT molecular complexity index is 1140. The van der Waals surface area contributed by atoms with Crippen molar-refractivity contribution in [1.82, 2.24) is 14.8 Å². The normalized spacial score (nSPS) is 20.7. The molecule has 32 heavy (non-hydrogen) atoms. The van der Waals surface area contributed by atoms with Gasteiger partial charge in [-0.1, -0.05) is 48.5 Å². The lowest BCUT2D eigenvalue weighted by Crippen LogP contribution is -2.63. The van der Waals surface area contributed by atoms with Gasteiger partial charge in [0.2, 0.25) is 11.8 Å². The van der Waals surface area contributed by atoms with Gasteiger partial charge in [-0.2, -0.15) is 0 Å². The lowest BCUT2D eigenvalue weighted by atomic mass is 9.86. The van der Waals surface area contributed by atoms with Crippen LogP contribution < -0.4 is 0 Å². The number of carbonyl (C=O) groups is 2. The minimum absolute atomic E-state index is 0.00228. The zero-order valence-corrected chi connectivity index (χ0v) is 18.6. The van der Waals surface area contributed by atoms with Crippen molar-refractivity contribution in [3.8, 4) is 0 Å². The highest BCUT2D eigenvalue weighted by molar-refractivity contribution is 5.97. The van der Waals surface area contributed by atoms with Crippen LogP contribution in [0.25, 0.3) is 10.9 Å². The Balaban J connectivity index is 1.51. The Morgan fingerprint density at radius 3 is 2.59 bits per heavy atom. The van der Waals surface area contributed by atoms with Crippen molar-refractivity contribution < 1.29 is 14.3 Å². The van der Waals surface area contributed by atoms with Crippen molar-refractivity contribution in [3.63, 3.8) is 0 Å². The highest BCUT2D eigenvalue weighted by Gasteiger charge is 2.47. The predicted octanol–water partition coefficient (Wildman–Crippen LogP) is 3.67. The van der Waals surface area contributed by atoms with Crippen LogP contribution in [0.3, 0.4) is 0 Å². The number of para-hydroxylation sites is 1. The zero-order chi connectivity index (χ0) is 22.2. The molecule has 0 aliphatic carbocycles. The first-order valence-corrected chi connectivity index (χ1v) is 11.4. The van der Waals surface area contributed by atoms with E-state index in [1.54, 1.807) is 4.90 Å². The third-order valence-electron chi connectivity index (χ3n) is 6.48. The maximum atomic E-state index is 13.6. The summed E-state index contributed by atoms with van der Waals surface area (Å²) in [7, 11) is 0. The lowest BCUT2D eigenvalue weighted by molar-refractivity contribution is -0.158. The molecule has 0 spiro atoms. The Morgan fingerprint density at radius 1 is 1.06 bits per heavy atom. The number of piperazine rings is 1. The van der Waals surface area contributed by atoms with Crippen LogP contribution in [0.5, 0.6) is 0 Å². The molecular weight excluding hydrogens is 402 g/mol. The average Bonchev–Trinajstić information content (AvgIpc) is 3.17. The summed E-state index contributed by atoms with van der Waals surface area (Å²) in [6.07, 6.45) is 1.42.